The number of phosphoric acid groups is 2. The van der Waals surface area contributed by atoms with Crippen molar-refractivity contribution in [2.75, 3.05) is 39.6 Å². The zero-order valence-corrected chi connectivity index (χ0v) is 68.3. The van der Waals surface area contributed by atoms with Gasteiger partial charge in [-0.15, -0.1) is 0 Å². The van der Waals surface area contributed by atoms with Gasteiger partial charge in [-0.3, -0.25) is 37.3 Å². The van der Waals surface area contributed by atoms with Crippen LogP contribution in [0.5, 0.6) is 0 Å². The SMILES string of the molecule is CCC(C)CCCCCCCCCCCCCCCCCCCCC(=O)O[C@H](COC(=O)CCCCCCCCCCCCCCCC(C)C)COP(=O)(O)OCC(O)COP(=O)(O)OC[C@@H](COC(=O)CCCCCCCCCCC(C)C)OC(=O)CCCCCCCCCCCC(C)C. The van der Waals surface area contributed by atoms with Gasteiger partial charge in [0.25, 0.3) is 0 Å². The second-order valence-corrected chi connectivity index (χ2v) is 34.1. The third kappa shape index (κ3) is 74.7. The van der Waals surface area contributed by atoms with E-state index in [1.54, 1.807) is 0 Å². The molecule has 0 amide bonds. The highest BCUT2D eigenvalue weighted by atomic mass is 31.2. The molecule has 0 aliphatic carbocycles. The van der Waals surface area contributed by atoms with Crippen LogP contribution in [0.25, 0.3) is 0 Å². The quantitative estimate of drug-likeness (QED) is 0.0222. The third-order valence-electron chi connectivity index (χ3n) is 19.4. The Morgan fingerprint density at radius 2 is 0.475 bits per heavy atom. The van der Waals surface area contributed by atoms with Gasteiger partial charge >= 0.3 is 39.5 Å². The fourth-order valence-corrected chi connectivity index (χ4v) is 14.2. The van der Waals surface area contributed by atoms with Crippen molar-refractivity contribution in [1.82, 2.24) is 0 Å². The molecule has 0 fully saturated rings. The van der Waals surface area contributed by atoms with Crippen molar-refractivity contribution in [3.8, 4) is 0 Å². The topological polar surface area (TPSA) is 237 Å². The van der Waals surface area contributed by atoms with Crippen LogP contribution in [0.2, 0.25) is 0 Å². The molecule has 0 saturated carbocycles. The number of unbranched alkanes of at least 4 members (excludes halogenated alkanes) is 44. The highest BCUT2D eigenvalue weighted by Crippen LogP contribution is 2.45. The molecule has 0 rings (SSSR count). The maximum absolute atomic E-state index is 13.1. The second kappa shape index (κ2) is 71.0. The van der Waals surface area contributed by atoms with Crippen LogP contribution in [0, 0.1) is 23.7 Å². The first-order valence-electron chi connectivity index (χ1n) is 42.2. The van der Waals surface area contributed by atoms with Crippen LogP contribution in [0.4, 0.5) is 0 Å². The first-order valence-corrected chi connectivity index (χ1v) is 45.2. The number of hydrogen-bond donors (Lipinski definition) is 3. The van der Waals surface area contributed by atoms with Gasteiger partial charge in [-0.1, -0.05) is 370 Å². The number of rotatable bonds is 79. The highest BCUT2D eigenvalue weighted by molar-refractivity contribution is 7.47. The average Bonchev–Trinajstić information content (AvgIpc) is 0.935. The van der Waals surface area contributed by atoms with Crippen LogP contribution in [0.3, 0.4) is 0 Å². The minimum Gasteiger partial charge on any atom is -0.462 e. The van der Waals surface area contributed by atoms with Gasteiger partial charge in [0.1, 0.15) is 19.3 Å². The van der Waals surface area contributed by atoms with Crippen molar-refractivity contribution in [3.05, 3.63) is 0 Å². The van der Waals surface area contributed by atoms with Crippen LogP contribution in [-0.2, 0) is 65.4 Å². The predicted octanol–water partition coefficient (Wildman–Crippen LogP) is 24.4. The Morgan fingerprint density at radius 3 is 0.703 bits per heavy atom. The summed E-state index contributed by atoms with van der Waals surface area (Å²) in [5.41, 5.74) is 0. The van der Waals surface area contributed by atoms with Crippen LogP contribution >= 0.6 is 15.6 Å². The normalized spacial score (nSPS) is 14.3. The summed E-state index contributed by atoms with van der Waals surface area (Å²) in [7, 11) is -9.92. The molecule has 0 radical (unpaired) electrons. The molecule has 3 N–H and O–H groups in total. The molecule has 0 aliphatic rings. The number of ether oxygens (including phenoxy) is 4. The van der Waals surface area contributed by atoms with Gasteiger partial charge in [0.05, 0.1) is 26.4 Å². The summed E-state index contributed by atoms with van der Waals surface area (Å²) in [6.07, 6.45) is 58.4. The molecule has 101 heavy (non-hydrogen) atoms. The maximum atomic E-state index is 13.1. The van der Waals surface area contributed by atoms with E-state index >= 15 is 0 Å². The minimum absolute atomic E-state index is 0.105. The molecule has 0 aromatic rings. The summed E-state index contributed by atoms with van der Waals surface area (Å²) in [5.74, 6) is 1.01. The Morgan fingerprint density at radius 1 is 0.277 bits per heavy atom. The smallest absolute Gasteiger partial charge is 0.462 e. The zero-order chi connectivity index (χ0) is 74.6. The molecule has 0 spiro atoms. The summed E-state index contributed by atoms with van der Waals surface area (Å²) in [5, 5.41) is 10.6. The number of aliphatic hydroxyl groups excluding tert-OH is 1. The van der Waals surface area contributed by atoms with Crippen molar-refractivity contribution >= 4 is 39.5 Å². The van der Waals surface area contributed by atoms with Gasteiger partial charge in [0.2, 0.25) is 0 Å². The molecule has 4 unspecified atom stereocenters. The lowest BCUT2D eigenvalue weighted by atomic mass is 9.99. The number of phosphoric ester groups is 2. The largest absolute Gasteiger partial charge is 0.472 e. The Hall–Kier alpha value is -1.94. The monoisotopic (exact) mass is 1480 g/mol. The Labute approximate surface area is 619 Å². The van der Waals surface area contributed by atoms with Crippen LogP contribution in [-0.4, -0.2) is 96.7 Å². The Bertz CT molecular complexity index is 1970. The number of esters is 4. The lowest BCUT2D eigenvalue weighted by Crippen LogP contribution is -2.30. The molecule has 0 aromatic carbocycles. The lowest BCUT2D eigenvalue weighted by Gasteiger charge is -2.21. The molecule has 19 heteroatoms. The van der Waals surface area contributed by atoms with Gasteiger partial charge in [-0.2, -0.15) is 0 Å². The Kier molecular flexibility index (Phi) is 69.6. The van der Waals surface area contributed by atoms with E-state index in [2.05, 4.69) is 55.4 Å². The lowest BCUT2D eigenvalue weighted by molar-refractivity contribution is -0.161. The standard InChI is InChI=1S/C82H160O17P2/c1-9-75(8)61-53-45-37-28-22-18-14-12-10-11-13-15-19-24-30-40-48-56-64-81(86)98-77(68-92-79(84)62-54-46-38-29-23-20-16-17-21-26-34-42-50-58-72(2)3)70-96-100(88,89)94-66-76(83)67-95-101(90,91)97-71-78(69-93-80(85)63-55-47-39-33-32-36-44-52-60-74(6)7)99-82(87)65-57-49-41-31-25-27-35-43-51-59-73(4)5/h72-78,83H,9-71H2,1-8H3,(H,88,89)(H,90,91)/t75?,76?,77-,78-/m1/s1. The molecule has 0 aromatic heterocycles. The minimum atomic E-state index is -4.96. The molecule has 0 saturated heterocycles. The van der Waals surface area contributed by atoms with E-state index < -0.39 is 97.5 Å². The van der Waals surface area contributed by atoms with Crippen molar-refractivity contribution in [1.29, 1.82) is 0 Å². The van der Waals surface area contributed by atoms with E-state index in [1.165, 1.54) is 225 Å². The van der Waals surface area contributed by atoms with E-state index in [-0.39, 0.29) is 25.7 Å². The first kappa shape index (κ1) is 99.1. The molecule has 600 valence electrons. The number of carbonyl (C=O) groups is 4. The zero-order valence-electron chi connectivity index (χ0n) is 66.5. The van der Waals surface area contributed by atoms with Gasteiger partial charge in [-0.05, 0) is 49.4 Å². The average molecular weight is 1480 g/mol. The number of carbonyl (C=O) groups excluding carboxylic acids is 4. The summed E-state index contributed by atoms with van der Waals surface area (Å²) in [6.45, 7) is 14.3. The van der Waals surface area contributed by atoms with Crippen molar-refractivity contribution in [2.45, 2.75) is 440 Å². The first-order chi connectivity index (χ1) is 48.6. The van der Waals surface area contributed by atoms with Gasteiger partial charge < -0.3 is 33.8 Å². The van der Waals surface area contributed by atoms with E-state index in [1.807, 2.05) is 0 Å². The predicted molar refractivity (Wildman–Crippen MR) is 414 cm³/mol. The molecule has 6 atom stereocenters. The van der Waals surface area contributed by atoms with Crippen molar-refractivity contribution in [2.24, 2.45) is 23.7 Å². The summed E-state index contributed by atoms with van der Waals surface area (Å²) in [6, 6.07) is 0. The van der Waals surface area contributed by atoms with E-state index in [9.17, 15) is 43.2 Å². The van der Waals surface area contributed by atoms with Crippen molar-refractivity contribution in [3.63, 3.8) is 0 Å². The summed E-state index contributed by atoms with van der Waals surface area (Å²) >= 11 is 0. The fourth-order valence-electron chi connectivity index (χ4n) is 12.6. The summed E-state index contributed by atoms with van der Waals surface area (Å²) in [4.78, 5) is 73.0. The second-order valence-electron chi connectivity index (χ2n) is 31.2. The fraction of sp³-hybridized carbons (Fsp3) is 0.951. The van der Waals surface area contributed by atoms with Gasteiger partial charge in [-0.25, -0.2) is 9.13 Å². The van der Waals surface area contributed by atoms with E-state index in [0.717, 1.165) is 114 Å². The molecular formula is C82H160O17P2. The van der Waals surface area contributed by atoms with Gasteiger partial charge in [0.15, 0.2) is 12.2 Å². The molecule has 0 heterocycles. The molecule has 0 bridgehead atoms. The van der Waals surface area contributed by atoms with Gasteiger partial charge in [0, 0.05) is 25.7 Å². The number of hydrogen-bond acceptors (Lipinski definition) is 15. The van der Waals surface area contributed by atoms with Crippen LogP contribution < -0.4 is 0 Å². The van der Waals surface area contributed by atoms with Crippen LogP contribution in [0.15, 0.2) is 0 Å². The number of aliphatic hydroxyl groups is 1. The maximum Gasteiger partial charge on any atom is 0.472 e. The molecule has 17 nitrogen and oxygen atoms in total. The van der Waals surface area contributed by atoms with Crippen LogP contribution in [0.1, 0.15) is 421 Å². The van der Waals surface area contributed by atoms with Crippen molar-refractivity contribution < 1.29 is 80.2 Å². The van der Waals surface area contributed by atoms with E-state index in [4.69, 9.17) is 37.0 Å². The third-order valence-corrected chi connectivity index (χ3v) is 21.3. The van der Waals surface area contributed by atoms with E-state index in [0.29, 0.717) is 25.7 Å². The molecule has 0 aliphatic heterocycles. The summed E-state index contributed by atoms with van der Waals surface area (Å²) < 4.78 is 68.7. The highest BCUT2D eigenvalue weighted by Gasteiger charge is 2.30. The Balaban J connectivity index is 5.22. The molecular weight excluding hydrogens is 1320 g/mol.